The molecule has 0 spiro atoms. The molecule has 0 atom stereocenters. The number of nitrogens with zero attached hydrogens (tertiary/aromatic N) is 1. The molecule has 2 aliphatic rings. The molecule has 36 heavy (non-hydrogen) atoms. The van der Waals surface area contributed by atoms with Gasteiger partial charge < -0.3 is 11.1 Å². The zero-order valence-electron chi connectivity index (χ0n) is 18.3. The maximum atomic E-state index is 13.4. The van der Waals surface area contributed by atoms with E-state index in [0.29, 0.717) is 12.8 Å². The number of hydrogen-bond acceptors (Lipinski definition) is 7. The Balaban J connectivity index is 1.75. The standard InChI is InChI=1S/C24H16F3N3O5S/c25-24(26,27)12-4-3-5-13(10-12)29-17-11-18(36(34,35)30(33)14-8-9-14)21(28)20-19(17)22(31)15-6-1-2-7-16(15)23(20)32/h1-7,10-11,14H,8-9H2,(H2-,28,29,31,32)/p+1. The second kappa shape index (κ2) is 7.98. The predicted molar refractivity (Wildman–Crippen MR) is 123 cm³/mol. The fourth-order valence-corrected chi connectivity index (χ4v) is 5.56. The number of fused-ring (bicyclic) bond motifs is 2. The molecule has 0 bridgehead atoms. The zero-order chi connectivity index (χ0) is 26.0. The van der Waals surface area contributed by atoms with E-state index in [2.05, 4.69) is 5.32 Å². The van der Waals surface area contributed by atoms with Crippen LogP contribution in [0.25, 0.3) is 0 Å². The van der Waals surface area contributed by atoms with Crippen molar-refractivity contribution in [3.63, 3.8) is 0 Å². The summed E-state index contributed by atoms with van der Waals surface area (Å²) in [5, 5.41) is 2.64. The Labute approximate surface area is 202 Å². The van der Waals surface area contributed by atoms with Gasteiger partial charge in [-0.25, -0.2) is 0 Å². The number of nitrogen functional groups attached to an aromatic ring is 1. The molecule has 0 aliphatic heterocycles. The van der Waals surface area contributed by atoms with Gasteiger partial charge in [0.2, 0.25) is 6.04 Å². The number of rotatable bonds is 5. The molecular weight excluding hydrogens is 499 g/mol. The first kappa shape index (κ1) is 23.7. The van der Waals surface area contributed by atoms with E-state index in [1.54, 1.807) is 0 Å². The van der Waals surface area contributed by atoms with E-state index in [-0.39, 0.29) is 32.2 Å². The average molecular weight is 516 g/mol. The van der Waals surface area contributed by atoms with E-state index < -0.39 is 55.5 Å². The summed E-state index contributed by atoms with van der Waals surface area (Å²) < 4.78 is 65.8. The third-order valence-corrected chi connectivity index (χ3v) is 7.69. The van der Waals surface area contributed by atoms with Crippen LogP contribution in [-0.4, -0.2) is 30.2 Å². The van der Waals surface area contributed by atoms with E-state index in [9.17, 15) is 36.1 Å². The predicted octanol–water partition coefficient (Wildman–Crippen LogP) is 4.44. The van der Waals surface area contributed by atoms with Gasteiger partial charge in [-0.1, -0.05) is 30.3 Å². The number of nitroso groups, excluding NO2 is 1. The van der Waals surface area contributed by atoms with Gasteiger partial charge in [0.1, 0.15) is 4.17 Å². The van der Waals surface area contributed by atoms with Crippen LogP contribution in [0.3, 0.4) is 0 Å². The normalized spacial score (nSPS) is 15.3. The van der Waals surface area contributed by atoms with Crippen molar-refractivity contribution in [2.45, 2.75) is 30.0 Å². The Morgan fingerprint density at radius 2 is 1.53 bits per heavy atom. The minimum Gasteiger partial charge on any atom is -0.397 e. The van der Waals surface area contributed by atoms with Gasteiger partial charge in [0, 0.05) is 34.6 Å². The van der Waals surface area contributed by atoms with Gasteiger partial charge in [0.05, 0.1) is 28.1 Å². The molecular formula is C24H17F3N3O5S+. The lowest BCUT2D eigenvalue weighted by Gasteiger charge is -2.23. The second-order valence-corrected chi connectivity index (χ2v) is 10.2. The first-order valence-corrected chi connectivity index (χ1v) is 12.2. The maximum Gasteiger partial charge on any atom is 0.439 e. The average Bonchev–Trinajstić information content (AvgIpc) is 3.68. The number of carbonyl (C=O) groups excluding carboxylic acids is 2. The van der Waals surface area contributed by atoms with E-state index in [0.717, 1.165) is 24.3 Å². The van der Waals surface area contributed by atoms with Crippen LogP contribution in [-0.2, 0) is 16.2 Å². The number of benzene rings is 3. The van der Waals surface area contributed by atoms with Gasteiger partial charge in [-0.2, -0.15) is 21.6 Å². The lowest BCUT2D eigenvalue weighted by molar-refractivity contribution is -0.405. The first-order valence-electron chi connectivity index (χ1n) is 10.7. The van der Waals surface area contributed by atoms with Crippen molar-refractivity contribution < 1.29 is 35.3 Å². The van der Waals surface area contributed by atoms with Crippen LogP contribution in [0.1, 0.15) is 50.2 Å². The molecule has 184 valence electrons. The molecule has 0 radical (unpaired) electrons. The monoisotopic (exact) mass is 516 g/mol. The highest BCUT2D eigenvalue weighted by molar-refractivity contribution is 7.85. The smallest absolute Gasteiger partial charge is 0.397 e. The van der Waals surface area contributed by atoms with Crippen molar-refractivity contribution in [1.82, 2.24) is 0 Å². The Hall–Kier alpha value is -4.06. The first-order chi connectivity index (χ1) is 16.9. The van der Waals surface area contributed by atoms with Crippen LogP contribution in [0.5, 0.6) is 0 Å². The Bertz CT molecular complexity index is 1590. The van der Waals surface area contributed by atoms with Crippen LogP contribution < -0.4 is 11.1 Å². The minimum absolute atomic E-state index is 0.0116. The summed E-state index contributed by atoms with van der Waals surface area (Å²) in [6, 6.07) is 9.98. The highest BCUT2D eigenvalue weighted by Crippen LogP contribution is 2.42. The lowest BCUT2D eigenvalue weighted by Crippen LogP contribution is -2.27. The molecule has 2 aliphatic carbocycles. The fraction of sp³-hybridized carbons (Fsp3) is 0.167. The molecule has 8 nitrogen and oxygen atoms in total. The SMILES string of the molecule is Nc1c(S(=O)(=O)[N+](=O)C2CC2)cc(Nc2cccc(C(F)(F)F)c2)c2c1C(=O)c1ccccc1C2=O. The number of hydrogen-bond donors (Lipinski definition) is 2. The molecule has 12 heteroatoms. The number of carbonyl (C=O) groups is 2. The molecule has 0 amide bonds. The van der Waals surface area contributed by atoms with Crippen molar-refractivity contribution >= 4 is 38.7 Å². The molecule has 0 saturated heterocycles. The fourth-order valence-electron chi connectivity index (χ4n) is 4.11. The van der Waals surface area contributed by atoms with Gasteiger partial charge in [-0.05, 0) is 24.3 Å². The quantitative estimate of drug-likeness (QED) is 0.297. The third kappa shape index (κ3) is 3.73. The van der Waals surface area contributed by atoms with Crippen molar-refractivity contribution in [2.75, 3.05) is 11.1 Å². The van der Waals surface area contributed by atoms with E-state index in [1.807, 2.05) is 0 Å². The number of halogens is 3. The highest BCUT2D eigenvalue weighted by Gasteiger charge is 2.49. The molecule has 1 fully saturated rings. The molecule has 0 aromatic heterocycles. The number of alkyl halides is 3. The summed E-state index contributed by atoms with van der Waals surface area (Å²) in [7, 11) is -4.74. The third-order valence-electron chi connectivity index (χ3n) is 6.03. The summed E-state index contributed by atoms with van der Waals surface area (Å²) in [6.07, 6.45) is -3.95. The number of anilines is 3. The van der Waals surface area contributed by atoms with Gasteiger partial charge >= 0.3 is 16.2 Å². The van der Waals surface area contributed by atoms with Crippen molar-refractivity contribution in [3.05, 3.63) is 87.3 Å². The number of ketones is 2. The summed E-state index contributed by atoms with van der Waals surface area (Å²) in [4.78, 5) is 38.6. The van der Waals surface area contributed by atoms with Gasteiger partial charge in [-0.3, -0.25) is 9.59 Å². The maximum absolute atomic E-state index is 13.4. The van der Waals surface area contributed by atoms with Gasteiger partial charge in [0.15, 0.2) is 16.5 Å². The number of sulfonamides is 1. The summed E-state index contributed by atoms with van der Waals surface area (Å²) in [6.45, 7) is 0. The molecule has 1 saturated carbocycles. The molecule has 3 aromatic carbocycles. The molecule has 0 unspecified atom stereocenters. The Kier molecular flexibility index (Phi) is 5.25. The van der Waals surface area contributed by atoms with Gasteiger partial charge in [0.25, 0.3) is 0 Å². The van der Waals surface area contributed by atoms with Crippen LogP contribution in [0.15, 0.2) is 59.5 Å². The molecule has 3 N–H and O–H groups in total. The van der Waals surface area contributed by atoms with Crippen LogP contribution >= 0.6 is 0 Å². The van der Waals surface area contributed by atoms with E-state index in [4.69, 9.17) is 5.73 Å². The lowest BCUT2D eigenvalue weighted by atomic mass is 9.82. The zero-order valence-corrected chi connectivity index (χ0v) is 19.1. The highest BCUT2D eigenvalue weighted by atomic mass is 32.2. The van der Waals surface area contributed by atoms with Crippen LogP contribution in [0.2, 0.25) is 0 Å². The molecule has 5 rings (SSSR count). The van der Waals surface area contributed by atoms with Crippen molar-refractivity contribution in [2.24, 2.45) is 0 Å². The second-order valence-electron chi connectivity index (χ2n) is 8.48. The summed E-state index contributed by atoms with van der Waals surface area (Å²) >= 11 is 0. The van der Waals surface area contributed by atoms with Gasteiger partial charge in [-0.15, -0.1) is 0 Å². The van der Waals surface area contributed by atoms with Crippen LogP contribution in [0.4, 0.5) is 30.2 Å². The Morgan fingerprint density at radius 1 is 0.917 bits per heavy atom. The number of nitrogens with one attached hydrogen (secondary N) is 1. The van der Waals surface area contributed by atoms with E-state index in [1.165, 1.54) is 30.3 Å². The largest absolute Gasteiger partial charge is 0.439 e. The summed E-state index contributed by atoms with van der Waals surface area (Å²) in [5.74, 6) is -1.42. The molecule has 3 aromatic rings. The van der Waals surface area contributed by atoms with Crippen molar-refractivity contribution in [3.8, 4) is 0 Å². The number of nitrogens with two attached hydrogens (primary N) is 1. The van der Waals surface area contributed by atoms with Crippen molar-refractivity contribution in [1.29, 1.82) is 0 Å². The van der Waals surface area contributed by atoms with E-state index >= 15 is 0 Å². The topological polar surface area (TPSA) is 126 Å². The minimum atomic E-state index is -4.74. The summed E-state index contributed by atoms with van der Waals surface area (Å²) in [5.41, 5.74) is 3.44. The Morgan fingerprint density at radius 3 is 2.11 bits per heavy atom. The molecule has 0 heterocycles. The van der Waals surface area contributed by atoms with Crippen LogP contribution in [0, 0.1) is 4.91 Å².